The van der Waals surface area contributed by atoms with Gasteiger partial charge in [-0.2, -0.15) is 0 Å². The van der Waals surface area contributed by atoms with Crippen LogP contribution in [0.4, 0.5) is 5.69 Å². The number of piperazine rings is 1. The van der Waals surface area contributed by atoms with Crippen molar-refractivity contribution >= 4 is 27.2 Å². The van der Waals surface area contributed by atoms with Crippen molar-refractivity contribution in [3.05, 3.63) is 46.5 Å². The fourth-order valence-corrected chi connectivity index (χ4v) is 6.33. The minimum absolute atomic E-state index is 0.646. The van der Waals surface area contributed by atoms with Crippen LogP contribution in [0.25, 0.3) is 10.2 Å². The zero-order valence-corrected chi connectivity index (χ0v) is 20.5. The first-order valence-electron chi connectivity index (χ1n) is 12.0. The molecule has 0 unspecified atom stereocenters. The highest BCUT2D eigenvalue weighted by Crippen LogP contribution is 2.32. The maximum Gasteiger partial charge on any atom is 0.142 e. The number of rotatable bonds is 7. The minimum Gasteiger partial charge on any atom is -0.495 e. The molecule has 4 heterocycles. The molecule has 33 heavy (non-hydrogen) atoms. The van der Waals surface area contributed by atoms with Gasteiger partial charge in [-0.05, 0) is 50.6 Å². The second-order valence-electron chi connectivity index (χ2n) is 9.17. The number of aryl methyl sites for hydroxylation is 1. The number of thiophene rings is 1. The van der Waals surface area contributed by atoms with Gasteiger partial charge in [-0.1, -0.05) is 12.1 Å². The molecule has 0 spiro atoms. The molecule has 0 amide bonds. The summed E-state index contributed by atoms with van der Waals surface area (Å²) in [5.74, 6) is 0.957. The average Bonchev–Trinajstić information content (AvgIpc) is 3.21. The molecule has 7 nitrogen and oxygen atoms in total. The van der Waals surface area contributed by atoms with E-state index in [1.807, 2.05) is 23.0 Å². The van der Waals surface area contributed by atoms with Gasteiger partial charge in [0.05, 0.1) is 24.5 Å². The molecule has 0 bridgehead atoms. The number of ether oxygens (including phenoxy) is 1. The molecule has 1 N–H and O–H groups in total. The zero-order chi connectivity index (χ0) is 22.8. The van der Waals surface area contributed by atoms with E-state index in [4.69, 9.17) is 15.1 Å². The van der Waals surface area contributed by atoms with E-state index in [0.717, 1.165) is 87.6 Å². The first kappa shape index (κ1) is 22.4. The number of methoxy groups -OCH3 is 1. The van der Waals surface area contributed by atoms with Gasteiger partial charge in [0.25, 0.3) is 0 Å². The van der Waals surface area contributed by atoms with Gasteiger partial charge in [0.1, 0.15) is 16.1 Å². The number of aromatic nitrogens is 2. The third kappa shape index (κ3) is 4.65. The van der Waals surface area contributed by atoms with Crippen LogP contribution in [0.1, 0.15) is 23.3 Å². The van der Waals surface area contributed by atoms with E-state index in [0.29, 0.717) is 5.49 Å². The van der Waals surface area contributed by atoms with E-state index in [9.17, 15) is 0 Å². The maximum atomic E-state index is 8.80. The number of hydrogen-bond acceptors (Lipinski definition) is 7. The van der Waals surface area contributed by atoms with Crippen LogP contribution < -0.4 is 15.1 Å². The van der Waals surface area contributed by atoms with Crippen LogP contribution in [0.5, 0.6) is 5.75 Å². The molecule has 0 radical (unpaired) electrons. The van der Waals surface area contributed by atoms with Crippen molar-refractivity contribution in [1.29, 1.82) is 5.41 Å². The van der Waals surface area contributed by atoms with Crippen molar-refractivity contribution in [1.82, 2.24) is 19.4 Å². The Labute approximate surface area is 199 Å². The smallest absolute Gasteiger partial charge is 0.142 e. The summed E-state index contributed by atoms with van der Waals surface area (Å²) in [6, 6.07) is 8.30. The van der Waals surface area contributed by atoms with E-state index in [2.05, 4.69) is 33.9 Å². The fourth-order valence-electron chi connectivity index (χ4n) is 5.07. The number of nitrogens with one attached hydrogen (secondary N) is 1. The molecule has 3 aromatic rings. The number of anilines is 1. The zero-order valence-electron chi connectivity index (χ0n) is 19.7. The first-order valence-corrected chi connectivity index (χ1v) is 12.8. The maximum absolute atomic E-state index is 8.80. The number of fused-ring (bicyclic) bond motifs is 3. The van der Waals surface area contributed by atoms with Crippen molar-refractivity contribution in [3.8, 4) is 5.75 Å². The summed E-state index contributed by atoms with van der Waals surface area (Å²) in [5, 5.41) is 9.90. The van der Waals surface area contributed by atoms with Gasteiger partial charge < -0.3 is 19.1 Å². The number of benzene rings is 1. The molecule has 176 valence electrons. The molecule has 1 fully saturated rings. The molecule has 2 aliphatic rings. The topological polar surface area (TPSA) is 60.6 Å². The van der Waals surface area contributed by atoms with Gasteiger partial charge in [0, 0.05) is 50.7 Å². The van der Waals surface area contributed by atoms with Crippen molar-refractivity contribution < 1.29 is 4.74 Å². The summed E-state index contributed by atoms with van der Waals surface area (Å²) < 4.78 is 7.58. The van der Waals surface area contributed by atoms with E-state index >= 15 is 0 Å². The second-order valence-corrected chi connectivity index (χ2v) is 10.2. The van der Waals surface area contributed by atoms with E-state index in [1.165, 1.54) is 16.1 Å². The lowest BCUT2D eigenvalue weighted by Crippen LogP contribution is -2.46. The summed E-state index contributed by atoms with van der Waals surface area (Å²) in [5.41, 5.74) is 3.21. The third-order valence-corrected chi connectivity index (χ3v) is 8.11. The number of unbranched alkanes of at least 4 members (excludes halogenated alkanes) is 1. The van der Waals surface area contributed by atoms with Crippen molar-refractivity contribution in [2.24, 2.45) is 0 Å². The highest BCUT2D eigenvalue weighted by Gasteiger charge is 2.21. The summed E-state index contributed by atoms with van der Waals surface area (Å²) in [4.78, 5) is 14.5. The Morgan fingerprint density at radius 3 is 2.67 bits per heavy atom. The Morgan fingerprint density at radius 1 is 1.06 bits per heavy atom. The summed E-state index contributed by atoms with van der Waals surface area (Å²) in [6.45, 7) is 8.26. The van der Waals surface area contributed by atoms with E-state index in [1.54, 1.807) is 18.4 Å². The molecule has 0 atom stereocenters. The molecule has 0 aliphatic carbocycles. The molecule has 5 rings (SSSR count). The molecule has 8 heteroatoms. The molecular weight excluding hydrogens is 432 g/mol. The molecule has 1 aromatic carbocycles. The third-order valence-electron chi connectivity index (χ3n) is 6.99. The van der Waals surface area contributed by atoms with Gasteiger partial charge in [-0.15, -0.1) is 11.3 Å². The fraction of sp³-hybridized carbons (Fsp3) is 0.520. The van der Waals surface area contributed by atoms with Crippen LogP contribution in [0.3, 0.4) is 0 Å². The standard InChI is InChI=1S/C25H34N6OS/c1-28-12-9-19-22(17-28)33-25-23(19)24(26)31(18-27-25)11-6-5-10-29-13-15-30(16-14-29)20-7-3-4-8-21(20)32-2/h3-4,7-8,18,26H,5-6,9-17H2,1-2H3. The molecular formula is C25H34N6OS. The van der Waals surface area contributed by atoms with Crippen LogP contribution in [-0.2, 0) is 19.5 Å². The van der Waals surface area contributed by atoms with Crippen LogP contribution >= 0.6 is 11.3 Å². The number of nitrogens with zero attached hydrogens (tertiary/aromatic N) is 5. The SMILES string of the molecule is COc1ccccc1N1CCN(CCCCn2cnc3sc4c(c3c2=N)CCN(C)C4)CC1. The average molecular weight is 467 g/mol. The van der Waals surface area contributed by atoms with Gasteiger partial charge >= 0.3 is 0 Å². The predicted molar refractivity (Wildman–Crippen MR) is 134 cm³/mol. The summed E-state index contributed by atoms with van der Waals surface area (Å²) in [6.07, 6.45) is 5.13. The van der Waals surface area contributed by atoms with Gasteiger partial charge in [0.15, 0.2) is 0 Å². The Balaban J connectivity index is 1.13. The monoisotopic (exact) mass is 466 g/mol. The van der Waals surface area contributed by atoms with Gasteiger partial charge in [-0.3, -0.25) is 10.3 Å². The van der Waals surface area contributed by atoms with Gasteiger partial charge in [0.2, 0.25) is 0 Å². The highest BCUT2D eigenvalue weighted by atomic mass is 32.1. The number of hydrogen-bond donors (Lipinski definition) is 1. The molecule has 0 saturated carbocycles. The Kier molecular flexibility index (Phi) is 6.66. The van der Waals surface area contributed by atoms with Crippen LogP contribution in [0.15, 0.2) is 30.6 Å². The Hall–Kier alpha value is -2.42. The lowest BCUT2D eigenvalue weighted by Gasteiger charge is -2.36. The van der Waals surface area contributed by atoms with Crippen LogP contribution in [-0.4, -0.2) is 72.8 Å². The lowest BCUT2D eigenvalue weighted by atomic mass is 10.1. The Morgan fingerprint density at radius 2 is 1.85 bits per heavy atom. The molecule has 2 aromatic heterocycles. The van der Waals surface area contributed by atoms with E-state index < -0.39 is 0 Å². The predicted octanol–water partition coefficient (Wildman–Crippen LogP) is 3.18. The van der Waals surface area contributed by atoms with Crippen LogP contribution in [0, 0.1) is 5.41 Å². The van der Waals surface area contributed by atoms with Crippen molar-refractivity contribution in [3.63, 3.8) is 0 Å². The normalized spacial score (nSPS) is 17.5. The number of para-hydroxylation sites is 2. The molecule has 2 aliphatic heterocycles. The van der Waals surface area contributed by atoms with Crippen molar-refractivity contribution in [2.45, 2.75) is 32.4 Å². The lowest BCUT2D eigenvalue weighted by molar-refractivity contribution is 0.250. The largest absolute Gasteiger partial charge is 0.495 e. The highest BCUT2D eigenvalue weighted by molar-refractivity contribution is 7.18. The van der Waals surface area contributed by atoms with Crippen LogP contribution in [0.2, 0.25) is 0 Å². The Bertz CT molecular complexity index is 1160. The first-order chi connectivity index (χ1) is 16.1. The van der Waals surface area contributed by atoms with Crippen molar-refractivity contribution in [2.75, 3.05) is 58.3 Å². The summed E-state index contributed by atoms with van der Waals surface area (Å²) in [7, 11) is 3.91. The number of likely N-dealkylation sites (N-methyl/N-ethyl adjacent to an activating group) is 1. The molecule has 1 saturated heterocycles. The minimum atomic E-state index is 0.646. The van der Waals surface area contributed by atoms with E-state index in [-0.39, 0.29) is 0 Å². The quantitative estimate of drug-likeness (QED) is 0.542. The van der Waals surface area contributed by atoms with Gasteiger partial charge in [-0.25, -0.2) is 4.98 Å². The summed E-state index contributed by atoms with van der Waals surface area (Å²) >= 11 is 1.77. The second kappa shape index (κ2) is 9.83.